The summed E-state index contributed by atoms with van der Waals surface area (Å²) in [6.45, 7) is 0.255. The minimum Gasteiger partial charge on any atom is -0.476 e. The number of ether oxygens (including phenoxy) is 1. The monoisotopic (exact) mass is 595 g/mol. The average Bonchev–Trinajstić information content (AvgIpc) is 3.57. The van der Waals surface area contributed by atoms with E-state index in [0.29, 0.717) is 40.8 Å². The first-order valence-electron chi connectivity index (χ1n) is 13.4. The summed E-state index contributed by atoms with van der Waals surface area (Å²) in [5, 5.41) is 12.5. The molecular weight excluding hydrogens is 563 g/mol. The maximum atomic E-state index is 13.4. The highest BCUT2D eigenvalue weighted by Gasteiger charge is 2.44. The maximum absolute atomic E-state index is 13.4. The van der Waals surface area contributed by atoms with E-state index < -0.39 is 35.1 Å². The van der Waals surface area contributed by atoms with Crippen LogP contribution >= 0.6 is 0 Å². The van der Waals surface area contributed by atoms with Crippen LogP contribution in [0.2, 0.25) is 0 Å². The molecule has 1 spiro atoms. The number of pyridine rings is 1. The smallest absolute Gasteiger partial charge is 0.392 e. The van der Waals surface area contributed by atoms with Gasteiger partial charge >= 0.3 is 6.18 Å². The third-order valence-electron chi connectivity index (χ3n) is 7.73. The van der Waals surface area contributed by atoms with Crippen LogP contribution < -0.4 is 19.7 Å². The molecule has 1 aliphatic carbocycles. The Morgan fingerprint density at radius 3 is 2.54 bits per heavy atom. The number of alkyl halides is 3. The number of benzene rings is 1. The number of carbonyl (C=O) groups excluding carboxylic acids is 1. The highest BCUT2D eigenvalue weighted by Crippen LogP contribution is 2.54. The van der Waals surface area contributed by atoms with E-state index in [4.69, 9.17) is 9.84 Å². The topological polar surface area (TPSA) is 126 Å². The van der Waals surface area contributed by atoms with Gasteiger partial charge in [0.2, 0.25) is 15.9 Å². The van der Waals surface area contributed by atoms with Gasteiger partial charge in [-0.25, -0.2) is 18.1 Å². The van der Waals surface area contributed by atoms with E-state index >= 15 is 0 Å². The van der Waals surface area contributed by atoms with Gasteiger partial charge in [-0.2, -0.15) is 13.2 Å². The minimum absolute atomic E-state index is 0.00478. The van der Waals surface area contributed by atoms with E-state index in [1.165, 1.54) is 37.1 Å². The number of anilines is 2. The summed E-state index contributed by atoms with van der Waals surface area (Å²) in [6.07, 6.45) is 0.418. The average molecular weight is 596 g/mol. The van der Waals surface area contributed by atoms with Gasteiger partial charge in [0, 0.05) is 38.3 Å². The molecule has 2 aromatic heterocycles. The second-order valence-electron chi connectivity index (χ2n) is 10.6. The Labute approximate surface area is 235 Å². The number of carbonyl (C=O) groups is 1. The number of aliphatic hydroxyl groups excluding tert-OH is 1. The molecule has 3 heterocycles. The molecule has 5 rings (SSSR count). The molecule has 1 amide bonds. The fourth-order valence-electron chi connectivity index (χ4n) is 5.16. The van der Waals surface area contributed by atoms with Crippen LogP contribution in [0.15, 0.2) is 41.4 Å². The lowest BCUT2D eigenvalue weighted by atomic mass is 9.93. The third kappa shape index (κ3) is 6.60. The van der Waals surface area contributed by atoms with Gasteiger partial charge in [0.15, 0.2) is 0 Å². The molecule has 1 aromatic carbocycles. The van der Waals surface area contributed by atoms with Crippen molar-refractivity contribution in [1.29, 1.82) is 0 Å². The molecule has 3 N–H and O–H groups in total. The standard InChI is InChI=1S/C27H32F3N5O5S/c1-34-11-4-18-16-21(33-25(23(18)34)40-15-9-27(28,29)30)24(37)32-20-3-2-19(41(38,39)31-10-14-36)17-22(20)35-12-7-26(5-6-26)8-13-35/h2-4,11,16-17,31,36H,5-10,12-15H2,1H3,(H,32,37). The molecule has 0 radical (unpaired) electrons. The van der Waals surface area contributed by atoms with Gasteiger partial charge < -0.3 is 24.6 Å². The molecule has 10 nitrogen and oxygen atoms in total. The van der Waals surface area contributed by atoms with E-state index in [0.717, 1.165) is 12.8 Å². The number of sulfonamides is 1. The highest BCUT2D eigenvalue weighted by atomic mass is 32.2. The maximum Gasteiger partial charge on any atom is 0.392 e. The van der Waals surface area contributed by atoms with Crippen LogP contribution in [0.5, 0.6) is 5.88 Å². The molecular formula is C27H32F3N5O5S. The van der Waals surface area contributed by atoms with Crippen molar-refractivity contribution in [3.63, 3.8) is 0 Å². The molecule has 14 heteroatoms. The van der Waals surface area contributed by atoms with Crippen molar-refractivity contribution < 1.29 is 36.2 Å². The van der Waals surface area contributed by atoms with Crippen LogP contribution in [-0.2, 0) is 17.1 Å². The molecule has 2 fully saturated rings. The van der Waals surface area contributed by atoms with Crippen LogP contribution in [0.4, 0.5) is 24.5 Å². The van der Waals surface area contributed by atoms with Crippen LogP contribution in [-0.4, -0.2) is 68.0 Å². The molecule has 0 atom stereocenters. The number of halogens is 3. The second kappa shape index (κ2) is 11.1. The van der Waals surface area contributed by atoms with Crippen molar-refractivity contribution in [1.82, 2.24) is 14.3 Å². The molecule has 2 aliphatic rings. The summed E-state index contributed by atoms with van der Waals surface area (Å²) in [7, 11) is -2.20. The highest BCUT2D eigenvalue weighted by molar-refractivity contribution is 7.89. The van der Waals surface area contributed by atoms with Gasteiger partial charge in [-0.3, -0.25) is 4.79 Å². The number of aryl methyl sites for hydroxylation is 1. The number of hydrogen-bond donors (Lipinski definition) is 3. The number of aromatic nitrogens is 2. The first kappa shape index (κ1) is 29.1. The normalized spacial score (nSPS) is 16.8. The lowest BCUT2D eigenvalue weighted by Crippen LogP contribution is -2.35. The zero-order valence-corrected chi connectivity index (χ0v) is 23.3. The number of nitrogens with zero attached hydrogens (tertiary/aromatic N) is 3. The van der Waals surface area contributed by atoms with Crippen molar-refractivity contribution >= 4 is 38.2 Å². The second-order valence-corrected chi connectivity index (χ2v) is 12.4. The van der Waals surface area contributed by atoms with Crippen LogP contribution in [0.3, 0.4) is 0 Å². The first-order valence-corrected chi connectivity index (χ1v) is 14.8. The van der Waals surface area contributed by atoms with E-state index in [-0.39, 0.29) is 29.6 Å². The molecule has 222 valence electrons. The van der Waals surface area contributed by atoms with E-state index in [1.54, 1.807) is 23.9 Å². The molecule has 1 saturated carbocycles. The summed E-state index contributed by atoms with van der Waals surface area (Å²) in [4.78, 5) is 19.7. The Balaban J connectivity index is 1.44. The quantitative estimate of drug-likeness (QED) is 0.326. The van der Waals surface area contributed by atoms with Gasteiger partial charge in [0.1, 0.15) is 11.2 Å². The van der Waals surface area contributed by atoms with Crippen LogP contribution in [0.25, 0.3) is 10.9 Å². The number of rotatable bonds is 10. The predicted octanol–water partition coefficient (Wildman–Crippen LogP) is 3.81. The lowest BCUT2D eigenvalue weighted by Gasteiger charge is -2.35. The molecule has 41 heavy (non-hydrogen) atoms. The van der Waals surface area contributed by atoms with Crippen molar-refractivity contribution in [3.05, 3.63) is 42.2 Å². The van der Waals surface area contributed by atoms with Gasteiger partial charge in [0.05, 0.1) is 35.9 Å². The molecule has 3 aromatic rings. The van der Waals surface area contributed by atoms with E-state index in [1.807, 2.05) is 4.90 Å². The zero-order chi connectivity index (χ0) is 29.4. The number of amides is 1. The Kier molecular flexibility index (Phi) is 7.92. The molecule has 1 saturated heterocycles. The number of hydrogen-bond acceptors (Lipinski definition) is 7. The summed E-state index contributed by atoms with van der Waals surface area (Å²) >= 11 is 0. The minimum atomic E-state index is -4.40. The number of piperidine rings is 1. The summed E-state index contributed by atoms with van der Waals surface area (Å²) in [6, 6.07) is 7.60. The zero-order valence-electron chi connectivity index (χ0n) is 22.5. The lowest BCUT2D eigenvalue weighted by molar-refractivity contribution is -0.139. The number of fused-ring (bicyclic) bond motifs is 1. The number of nitrogens with one attached hydrogen (secondary N) is 2. The molecule has 0 unspecified atom stereocenters. The van der Waals surface area contributed by atoms with E-state index in [2.05, 4.69) is 15.0 Å². The SMILES string of the molecule is Cn1ccc2cc(C(=O)Nc3ccc(S(=O)(=O)NCCO)cc3N3CCC4(CC3)CC4)nc(OCCC(F)(F)F)c21. The predicted molar refractivity (Wildman–Crippen MR) is 147 cm³/mol. The Morgan fingerprint density at radius 2 is 1.88 bits per heavy atom. The van der Waals surface area contributed by atoms with Crippen LogP contribution in [0.1, 0.15) is 42.6 Å². The van der Waals surface area contributed by atoms with Gasteiger partial charge in [-0.05, 0) is 61.4 Å². The van der Waals surface area contributed by atoms with E-state index in [9.17, 15) is 26.4 Å². The van der Waals surface area contributed by atoms with Crippen molar-refractivity contribution in [2.24, 2.45) is 12.5 Å². The first-order chi connectivity index (χ1) is 19.4. The van der Waals surface area contributed by atoms with Gasteiger partial charge in [-0.15, -0.1) is 0 Å². The van der Waals surface area contributed by atoms with Crippen LogP contribution in [0, 0.1) is 5.41 Å². The van der Waals surface area contributed by atoms with Gasteiger partial charge in [-0.1, -0.05) is 0 Å². The van der Waals surface area contributed by atoms with Crippen molar-refractivity contribution in [2.75, 3.05) is 43.1 Å². The summed E-state index contributed by atoms with van der Waals surface area (Å²) in [5.74, 6) is -0.714. The molecule has 1 aliphatic heterocycles. The Morgan fingerprint density at radius 1 is 1.15 bits per heavy atom. The fraction of sp³-hybridized carbons (Fsp3) is 0.481. The Bertz CT molecular complexity index is 1540. The summed E-state index contributed by atoms with van der Waals surface area (Å²) < 4.78 is 73.1. The summed E-state index contributed by atoms with van der Waals surface area (Å²) in [5.41, 5.74) is 1.66. The van der Waals surface area contributed by atoms with Crippen molar-refractivity contribution in [3.8, 4) is 5.88 Å². The fourth-order valence-corrected chi connectivity index (χ4v) is 6.20. The largest absolute Gasteiger partial charge is 0.476 e. The third-order valence-corrected chi connectivity index (χ3v) is 9.19. The van der Waals surface area contributed by atoms with Crippen molar-refractivity contribution in [2.45, 2.75) is 43.2 Å². The Hall–Kier alpha value is -3.36. The number of aliphatic hydroxyl groups is 1. The van der Waals surface area contributed by atoms with Gasteiger partial charge in [0.25, 0.3) is 5.91 Å². The molecule has 0 bridgehead atoms.